The molecule has 3 rings (SSSR count). The van der Waals surface area contributed by atoms with Crippen molar-refractivity contribution in [3.05, 3.63) is 64.2 Å². The first-order chi connectivity index (χ1) is 13.7. The maximum atomic E-state index is 12.2. The number of carbonyl (C=O) groups excluding carboxylic acids is 1. The largest absolute Gasteiger partial charge is 0.480 e. The minimum Gasteiger partial charge on any atom is -0.480 e. The van der Waals surface area contributed by atoms with E-state index in [4.69, 9.17) is 10.8 Å². The van der Waals surface area contributed by atoms with Crippen LogP contribution in [0.1, 0.15) is 42.0 Å². The van der Waals surface area contributed by atoms with Gasteiger partial charge in [0, 0.05) is 11.6 Å². The normalized spacial score (nSPS) is 15.1. The molecule has 1 aliphatic carbocycles. The molecule has 0 spiro atoms. The van der Waals surface area contributed by atoms with Crippen LogP contribution in [0, 0.1) is 13.8 Å². The number of rotatable bonds is 7. The number of aliphatic carboxylic acids is 1. The molecule has 4 N–H and O–H groups in total. The second-order valence-corrected chi connectivity index (χ2v) is 7.94. The fourth-order valence-electron chi connectivity index (χ4n) is 3.29. The van der Waals surface area contributed by atoms with Crippen LogP contribution in [-0.4, -0.2) is 29.1 Å². The third kappa shape index (κ3) is 5.33. The van der Waals surface area contributed by atoms with E-state index in [-0.39, 0.29) is 5.91 Å². The number of amides is 1. The Hall–Kier alpha value is -2.92. The van der Waals surface area contributed by atoms with Gasteiger partial charge in [0.15, 0.2) is 0 Å². The van der Waals surface area contributed by atoms with Gasteiger partial charge in [0.05, 0.1) is 0 Å². The van der Waals surface area contributed by atoms with E-state index in [1.165, 1.54) is 0 Å². The van der Waals surface area contributed by atoms with Crippen molar-refractivity contribution >= 4 is 18.0 Å². The number of aryl methyl sites for hydroxylation is 2. The van der Waals surface area contributed by atoms with E-state index in [1.54, 1.807) is 0 Å². The number of carboxylic acid groups (broad SMARTS) is 1. The number of benzene rings is 2. The molecule has 1 unspecified atom stereocenters. The number of nitrogens with one attached hydrogen (secondary N) is 1. The van der Waals surface area contributed by atoms with E-state index < -0.39 is 12.0 Å². The van der Waals surface area contributed by atoms with Crippen LogP contribution in [0.2, 0.25) is 0 Å². The molecule has 0 heterocycles. The van der Waals surface area contributed by atoms with Crippen LogP contribution >= 0.6 is 0 Å². The summed E-state index contributed by atoms with van der Waals surface area (Å²) in [5.74, 6) is -0.992. The number of nitrogens with two attached hydrogens (primary N) is 1. The van der Waals surface area contributed by atoms with E-state index in [1.807, 2.05) is 44.2 Å². The predicted octanol–water partition coefficient (Wildman–Crippen LogP) is 3.61. The quantitative estimate of drug-likeness (QED) is 0.628. The molecule has 5 heteroatoms. The van der Waals surface area contributed by atoms with Crippen LogP contribution in [-0.2, 0) is 16.0 Å². The molecule has 1 amide bonds. The molecule has 2 aromatic carbocycles. The molecule has 152 valence electrons. The van der Waals surface area contributed by atoms with Gasteiger partial charge >= 0.3 is 5.97 Å². The SMILES string of the molecule is CC(=Cc1cc(C)c(-c2ccc(CC(N)C(=O)O)cc2)cc1C)C(=O)NC1CC1. The molecular formula is C24H28N2O3. The van der Waals surface area contributed by atoms with Crippen LogP contribution in [0.25, 0.3) is 17.2 Å². The molecule has 2 aromatic rings. The highest BCUT2D eigenvalue weighted by Gasteiger charge is 2.23. The van der Waals surface area contributed by atoms with Gasteiger partial charge in [-0.2, -0.15) is 0 Å². The van der Waals surface area contributed by atoms with Gasteiger partial charge in [0.25, 0.3) is 0 Å². The highest BCUT2D eigenvalue weighted by molar-refractivity contribution is 5.97. The maximum Gasteiger partial charge on any atom is 0.320 e. The molecule has 0 radical (unpaired) electrons. The summed E-state index contributed by atoms with van der Waals surface area (Å²) < 4.78 is 0. The Bertz CT molecular complexity index is 957. The molecule has 1 saturated carbocycles. The zero-order valence-electron chi connectivity index (χ0n) is 17.2. The summed E-state index contributed by atoms with van der Waals surface area (Å²) in [7, 11) is 0. The third-order valence-corrected chi connectivity index (χ3v) is 5.29. The summed E-state index contributed by atoms with van der Waals surface area (Å²) in [5, 5.41) is 12.0. The number of carboxylic acids is 1. The van der Waals surface area contributed by atoms with Crippen LogP contribution < -0.4 is 11.1 Å². The van der Waals surface area contributed by atoms with Crippen LogP contribution in [0.4, 0.5) is 0 Å². The van der Waals surface area contributed by atoms with Crippen molar-refractivity contribution in [1.82, 2.24) is 5.32 Å². The third-order valence-electron chi connectivity index (χ3n) is 5.29. The smallest absolute Gasteiger partial charge is 0.320 e. The Morgan fingerprint density at radius 2 is 1.83 bits per heavy atom. The summed E-state index contributed by atoms with van der Waals surface area (Å²) in [6.07, 6.45) is 4.40. The van der Waals surface area contributed by atoms with E-state index in [9.17, 15) is 9.59 Å². The summed E-state index contributed by atoms with van der Waals surface area (Å²) in [5.41, 5.74) is 12.7. The molecule has 0 aromatic heterocycles. The first-order valence-electron chi connectivity index (χ1n) is 9.92. The van der Waals surface area contributed by atoms with Gasteiger partial charge in [-0.1, -0.05) is 36.4 Å². The summed E-state index contributed by atoms with van der Waals surface area (Å²) in [6, 6.07) is 11.5. The Labute approximate surface area is 171 Å². The van der Waals surface area contributed by atoms with Gasteiger partial charge in [-0.05, 0) is 79.5 Å². The van der Waals surface area contributed by atoms with Gasteiger partial charge in [-0.25, -0.2) is 0 Å². The zero-order valence-corrected chi connectivity index (χ0v) is 17.2. The average Bonchev–Trinajstić information content (AvgIpc) is 3.49. The first-order valence-corrected chi connectivity index (χ1v) is 9.92. The lowest BCUT2D eigenvalue weighted by molar-refractivity contribution is -0.138. The van der Waals surface area contributed by atoms with E-state index in [0.717, 1.165) is 46.2 Å². The molecule has 0 saturated heterocycles. The standard InChI is InChI=1S/C24H28N2O3/c1-14-12-21(18-6-4-17(5-7-18)13-22(25)24(28)29)15(2)10-19(14)11-16(3)23(27)26-20-8-9-20/h4-7,10-12,20,22H,8-9,13,25H2,1-3H3,(H,26,27)(H,28,29). The number of hydrogen-bond acceptors (Lipinski definition) is 3. The number of hydrogen-bond donors (Lipinski definition) is 3. The fraction of sp³-hybridized carbons (Fsp3) is 0.333. The van der Waals surface area contributed by atoms with E-state index >= 15 is 0 Å². The molecule has 0 bridgehead atoms. The minimum absolute atomic E-state index is 0.00351. The second kappa shape index (κ2) is 8.62. The predicted molar refractivity (Wildman–Crippen MR) is 115 cm³/mol. The lowest BCUT2D eigenvalue weighted by Gasteiger charge is -2.13. The highest BCUT2D eigenvalue weighted by atomic mass is 16.4. The van der Waals surface area contributed by atoms with Crippen molar-refractivity contribution in [2.24, 2.45) is 5.73 Å². The summed E-state index contributed by atoms with van der Waals surface area (Å²) >= 11 is 0. The Morgan fingerprint density at radius 3 is 2.41 bits per heavy atom. The fourth-order valence-corrected chi connectivity index (χ4v) is 3.29. The van der Waals surface area contributed by atoms with Gasteiger partial charge in [0.2, 0.25) is 5.91 Å². The minimum atomic E-state index is -0.995. The van der Waals surface area contributed by atoms with Crippen LogP contribution in [0.5, 0.6) is 0 Å². The van der Waals surface area contributed by atoms with Gasteiger partial charge < -0.3 is 16.2 Å². The van der Waals surface area contributed by atoms with Crippen molar-refractivity contribution in [2.75, 3.05) is 0 Å². The summed E-state index contributed by atoms with van der Waals surface area (Å²) in [4.78, 5) is 23.1. The topological polar surface area (TPSA) is 92.4 Å². The Kier molecular flexibility index (Phi) is 6.18. The second-order valence-electron chi connectivity index (χ2n) is 7.94. The first kappa shape index (κ1) is 20.8. The summed E-state index contributed by atoms with van der Waals surface area (Å²) in [6.45, 7) is 5.95. The zero-order chi connectivity index (χ0) is 21.1. The lowest BCUT2D eigenvalue weighted by atomic mass is 9.93. The van der Waals surface area contributed by atoms with Crippen molar-refractivity contribution in [1.29, 1.82) is 0 Å². The van der Waals surface area contributed by atoms with Gasteiger partial charge in [0.1, 0.15) is 6.04 Å². The van der Waals surface area contributed by atoms with Crippen molar-refractivity contribution < 1.29 is 14.7 Å². The average molecular weight is 392 g/mol. The van der Waals surface area contributed by atoms with Gasteiger partial charge in [-0.3, -0.25) is 9.59 Å². The molecule has 1 fully saturated rings. The number of carbonyl (C=O) groups is 2. The molecule has 0 aliphatic heterocycles. The van der Waals surface area contributed by atoms with Gasteiger partial charge in [-0.15, -0.1) is 0 Å². The maximum absolute atomic E-state index is 12.2. The molecular weight excluding hydrogens is 364 g/mol. The van der Waals surface area contributed by atoms with Crippen LogP contribution in [0.3, 0.4) is 0 Å². The Balaban J connectivity index is 1.80. The van der Waals surface area contributed by atoms with Crippen molar-refractivity contribution in [2.45, 2.75) is 52.1 Å². The van der Waals surface area contributed by atoms with Crippen molar-refractivity contribution in [3.63, 3.8) is 0 Å². The van der Waals surface area contributed by atoms with E-state index in [2.05, 4.69) is 24.4 Å². The van der Waals surface area contributed by atoms with Crippen molar-refractivity contribution in [3.8, 4) is 11.1 Å². The molecule has 1 aliphatic rings. The molecule has 1 atom stereocenters. The lowest BCUT2D eigenvalue weighted by Crippen LogP contribution is -2.32. The monoisotopic (exact) mass is 392 g/mol. The Morgan fingerprint density at radius 1 is 1.17 bits per heavy atom. The molecule has 29 heavy (non-hydrogen) atoms. The molecule has 5 nitrogen and oxygen atoms in total. The van der Waals surface area contributed by atoms with E-state index in [0.29, 0.717) is 18.0 Å². The highest BCUT2D eigenvalue weighted by Crippen LogP contribution is 2.28. The van der Waals surface area contributed by atoms with Crippen LogP contribution in [0.15, 0.2) is 42.0 Å².